The molecule has 0 saturated heterocycles. The first-order valence-corrected chi connectivity index (χ1v) is 12.5. The van der Waals surface area contributed by atoms with Gasteiger partial charge in [-0.05, 0) is 58.7 Å². The van der Waals surface area contributed by atoms with E-state index < -0.39 is 25.9 Å². The van der Waals surface area contributed by atoms with E-state index in [-0.39, 0.29) is 44.4 Å². The highest BCUT2D eigenvalue weighted by atomic mass is 79.9. The number of carbonyl (C=O) groups excluding carboxylic acids is 1. The minimum atomic E-state index is -4.38. The summed E-state index contributed by atoms with van der Waals surface area (Å²) in [7, 11) is -4.38. The Morgan fingerprint density at radius 2 is 1.76 bits per heavy atom. The molecule has 0 aliphatic heterocycles. The number of para-hydroxylation sites is 1. The second kappa shape index (κ2) is 11.6. The molecular weight excluding hydrogens is 576 g/mol. The van der Waals surface area contributed by atoms with Crippen LogP contribution in [0, 0.1) is 20.2 Å². The third-order valence-corrected chi connectivity index (χ3v) is 6.41. The van der Waals surface area contributed by atoms with Crippen molar-refractivity contribution in [2.45, 2.75) is 11.8 Å². The predicted octanol–water partition coefficient (Wildman–Crippen LogP) is 4.20. The van der Waals surface area contributed by atoms with Gasteiger partial charge in [-0.2, -0.15) is 13.5 Å². The number of nitro benzene ring substituents is 2. The van der Waals surface area contributed by atoms with Crippen LogP contribution in [0.5, 0.6) is 11.5 Å². The lowest BCUT2D eigenvalue weighted by Gasteiger charge is -2.14. The molecule has 0 saturated carbocycles. The number of hydrogen-bond donors (Lipinski definition) is 1. The van der Waals surface area contributed by atoms with Crippen molar-refractivity contribution < 1.29 is 32.0 Å². The van der Waals surface area contributed by atoms with E-state index in [2.05, 4.69) is 26.5 Å². The van der Waals surface area contributed by atoms with Gasteiger partial charge in [0.25, 0.3) is 17.3 Å². The molecule has 3 aromatic carbocycles. The third kappa shape index (κ3) is 6.65. The van der Waals surface area contributed by atoms with Crippen LogP contribution in [0.25, 0.3) is 0 Å². The molecular formula is C22H17BrN4O9S. The fraction of sp³-hybridized carbons (Fsp3) is 0.0909. The van der Waals surface area contributed by atoms with Gasteiger partial charge in [-0.3, -0.25) is 25.0 Å². The van der Waals surface area contributed by atoms with Crippen LogP contribution in [0.15, 0.2) is 75.1 Å². The summed E-state index contributed by atoms with van der Waals surface area (Å²) in [6.07, 6.45) is 1.22. The Kier molecular flexibility index (Phi) is 8.52. The molecule has 0 spiro atoms. The van der Waals surface area contributed by atoms with E-state index in [1.54, 1.807) is 6.92 Å². The molecule has 192 valence electrons. The average molecular weight is 593 g/mol. The molecule has 0 aliphatic carbocycles. The van der Waals surface area contributed by atoms with Crippen LogP contribution in [0.2, 0.25) is 0 Å². The maximum absolute atomic E-state index is 12.7. The van der Waals surface area contributed by atoms with Gasteiger partial charge in [0.15, 0.2) is 11.5 Å². The molecule has 0 fully saturated rings. The van der Waals surface area contributed by atoms with Gasteiger partial charge in [-0.15, -0.1) is 0 Å². The maximum Gasteiger partial charge on any atom is 0.339 e. The maximum atomic E-state index is 12.7. The lowest BCUT2D eigenvalue weighted by Crippen LogP contribution is -2.19. The van der Waals surface area contributed by atoms with E-state index in [0.717, 1.165) is 24.3 Å². The monoisotopic (exact) mass is 592 g/mol. The van der Waals surface area contributed by atoms with Crippen LogP contribution >= 0.6 is 15.9 Å². The third-order valence-electron chi connectivity index (χ3n) is 4.59. The van der Waals surface area contributed by atoms with Crippen molar-refractivity contribution in [2.24, 2.45) is 5.10 Å². The fourth-order valence-electron chi connectivity index (χ4n) is 2.95. The minimum Gasteiger partial charge on any atom is -0.490 e. The van der Waals surface area contributed by atoms with E-state index in [0.29, 0.717) is 5.56 Å². The first-order valence-electron chi connectivity index (χ1n) is 10.3. The molecule has 15 heteroatoms. The number of hydrogen-bond acceptors (Lipinski definition) is 10. The number of amides is 1. The number of nitrogens with one attached hydrogen (secondary N) is 1. The molecule has 0 bridgehead atoms. The van der Waals surface area contributed by atoms with Crippen molar-refractivity contribution in [3.8, 4) is 11.5 Å². The number of hydrazone groups is 1. The van der Waals surface area contributed by atoms with Gasteiger partial charge in [-0.25, -0.2) is 5.43 Å². The number of rotatable bonds is 10. The summed E-state index contributed by atoms with van der Waals surface area (Å²) in [6.45, 7) is 1.81. The number of benzene rings is 3. The van der Waals surface area contributed by atoms with Crippen molar-refractivity contribution >= 4 is 49.5 Å². The Morgan fingerprint density at radius 3 is 2.38 bits per heavy atom. The van der Waals surface area contributed by atoms with Crippen LogP contribution < -0.4 is 14.3 Å². The quantitative estimate of drug-likeness (QED) is 0.156. The zero-order chi connectivity index (χ0) is 27.2. The van der Waals surface area contributed by atoms with Gasteiger partial charge < -0.3 is 8.92 Å². The number of halogens is 1. The Morgan fingerprint density at radius 1 is 1.08 bits per heavy atom. The summed E-state index contributed by atoms with van der Waals surface area (Å²) in [5.74, 6) is -0.961. The highest BCUT2D eigenvalue weighted by molar-refractivity contribution is 9.10. The van der Waals surface area contributed by atoms with Crippen LogP contribution in [0.4, 0.5) is 11.4 Å². The lowest BCUT2D eigenvalue weighted by molar-refractivity contribution is -0.385. The van der Waals surface area contributed by atoms with Crippen molar-refractivity contribution in [1.29, 1.82) is 0 Å². The number of ether oxygens (including phenoxy) is 1. The van der Waals surface area contributed by atoms with Gasteiger partial charge in [0.05, 0.1) is 27.1 Å². The fourth-order valence-corrected chi connectivity index (χ4v) is 4.55. The van der Waals surface area contributed by atoms with E-state index in [4.69, 9.17) is 8.92 Å². The molecule has 13 nitrogen and oxygen atoms in total. The smallest absolute Gasteiger partial charge is 0.339 e. The predicted molar refractivity (Wildman–Crippen MR) is 134 cm³/mol. The molecule has 1 amide bonds. The summed E-state index contributed by atoms with van der Waals surface area (Å²) in [6, 6.07) is 12.4. The SMILES string of the molecule is CCOc1cc(/C=N\NC(=O)c2ccccc2[N+](=O)[O-])cc(Br)c1OS(=O)(=O)c1ccc([N+](=O)[O-])cc1. The number of nitrogens with zero attached hydrogens (tertiary/aromatic N) is 3. The van der Waals surface area contributed by atoms with Crippen LogP contribution in [0.3, 0.4) is 0 Å². The molecule has 3 rings (SSSR count). The van der Waals surface area contributed by atoms with Crippen molar-refractivity contribution in [3.05, 3.63) is 96.5 Å². The van der Waals surface area contributed by atoms with Crippen molar-refractivity contribution in [1.82, 2.24) is 5.43 Å². The van der Waals surface area contributed by atoms with Gasteiger partial charge >= 0.3 is 10.1 Å². The first kappa shape index (κ1) is 27.2. The highest BCUT2D eigenvalue weighted by Crippen LogP contribution is 2.38. The van der Waals surface area contributed by atoms with Crippen LogP contribution in [-0.2, 0) is 10.1 Å². The second-order valence-electron chi connectivity index (χ2n) is 7.02. The number of nitro groups is 2. The van der Waals surface area contributed by atoms with Crippen molar-refractivity contribution in [3.63, 3.8) is 0 Å². The lowest BCUT2D eigenvalue weighted by atomic mass is 10.2. The Bertz CT molecular complexity index is 1490. The van der Waals surface area contributed by atoms with E-state index in [9.17, 15) is 33.4 Å². The number of carbonyl (C=O) groups is 1. The second-order valence-corrected chi connectivity index (χ2v) is 9.43. The standard InChI is InChI=1S/C22H17BrN4O9S/c1-2-35-20-12-14(13-24-25-22(28)17-5-3-4-6-19(17)27(31)32)11-18(23)21(20)36-37(33,34)16-9-7-15(8-10-16)26(29)30/h3-13H,2H2,1H3,(H,25,28)/b24-13-. The first-order chi connectivity index (χ1) is 17.5. The molecule has 3 aromatic rings. The summed E-state index contributed by atoms with van der Waals surface area (Å²) >= 11 is 3.22. The molecule has 1 N–H and O–H groups in total. The Hall–Kier alpha value is -4.37. The summed E-state index contributed by atoms with van der Waals surface area (Å²) < 4.78 is 36.4. The summed E-state index contributed by atoms with van der Waals surface area (Å²) in [4.78, 5) is 32.6. The number of non-ortho nitro benzene ring substituents is 1. The summed E-state index contributed by atoms with van der Waals surface area (Å²) in [5.41, 5.74) is 1.71. The van der Waals surface area contributed by atoms with E-state index in [1.807, 2.05) is 0 Å². The highest BCUT2D eigenvalue weighted by Gasteiger charge is 2.23. The van der Waals surface area contributed by atoms with Gasteiger partial charge in [0.2, 0.25) is 0 Å². The zero-order valence-corrected chi connectivity index (χ0v) is 21.3. The van der Waals surface area contributed by atoms with Gasteiger partial charge in [-0.1, -0.05) is 12.1 Å². The Labute approximate surface area is 218 Å². The normalized spacial score (nSPS) is 11.2. The molecule has 0 aliphatic rings. The van der Waals surface area contributed by atoms with Crippen LogP contribution in [0.1, 0.15) is 22.8 Å². The zero-order valence-electron chi connectivity index (χ0n) is 18.9. The molecule has 0 aromatic heterocycles. The van der Waals surface area contributed by atoms with E-state index >= 15 is 0 Å². The molecule has 0 unspecified atom stereocenters. The van der Waals surface area contributed by atoms with Crippen LogP contribution in [-0.4, -0.2) is 37.0 Å². The summed E-state index contributed by atoms with van der Waals surface area (Å²) in [5, 5.41) is 25.7. The van der Waals surface area contributed by atoms with Gasteiger partial charge in [0.1, 0.15) is 10.5 Å². The molecule has 37 heavy (non-hydrogen) atoms. The molecule has 0 atom stereocenters. The minimum absolute atomic E-state index is 0.0221. The molecule has 0 heterocycles. The van der Waals surface area contributed by atoms with Gasteiger partial charge in [0, 0.05) is 18.2 Å². The Balaban J connectivity index is 1.84. The van der Waals surface area contributed by atoms with E-state index in [1.165, 1.54) is 42.6 Å². The molecule has 0 radical (unpaired) electrons. The van der Waals surface area contributed by atoms with Crippen molar-refractivity contribution in [2.75, 3.05) is 6.61 Å². The largest absolute Gasteiger partial charge is 0.490 e. The average Bonchev–Trinajstić information content (AvgIpc) is 2.86. The topological polar surface area (TPSA) is 180 Å².